The second kappa shape index (κ2) is 12.3. The van der Waals surface area contributed by atoms with Crippen LogP contribution >= 0.6 is 0 Å². The molecule has 3 saturated carbocycles. The summed E-state index contributed by atoms with van der Waals surface area (Å²) in [4.78, 5) is 13.5. The van der Waals surface area contributed by atoms with Crippen LogP contribution in [0, 0.1) is 22.2 Å². The van der Waals surface area contributed by atoms with Gasteiger partial charge in [-0.25, -0.2) is 0 Å². The van der Waals surface area contributed by atoms with Crippen LogP contribution in [-0.2, 0) is 19.0 Å². The van der Waals surface area contributed by atoms with E-state index in [1.807, 2.05) is 0 Å². The first-order chi connectivity index (χ1) is 16.4. The van der Waals surface area contributed by atoms with Gasteiger partial charge >= 0.3 is 5.97 Å². The average molecular weight is 493 g/mol. The van der Waals surface area contributed by atoms with Crippen molar-refractivity contribution in [2.24, 2.45) is 22.2 Å². The van der Waals surface area contributed by atoms with Gasteiger partial charge in [-0.15, -0.1) is 0 Å². The molecule has 4 heteroatoms. The number of esters is 1. The normalized spacial score (nSPS) is 28.3. The summed E-state index contributed by atoms with van der Waals surface area (Å²) in [6.45, 7) is 15.3. The van der Waals surface area contributed by atoms with Gasteiger partial charge in [-0.1, -0.05) is 80.1 Å². The van der Waals surface area contributed by atoms with Crippen LogP contribution < -0.4 is 0 Å². The fourth-order valence-corrected chi connectivity index (χ4v) is 6.51. The van der Waals surface area contributed by atoms with E-state index in [9.17, 15) is 4.79 Å². The van der Waals surface area contributed by atoms with E-state index >= 15 is 0 Å². The molecule has 0 aliphatic heterocycles. The Balaban J connectivity index is 1.54. The van der Waals surface area contributed by atoms with E-state index in [0.717, 1.165) is 32.1 Å². The van der Waals surface area contributed by atoms with Gasteiger partial charge in [-0.05, 0) is 75.5 Å². The lowest BCUT2D eigenvalue weighted by atomic mass is 9.61. The van der Waals surface area contributed by atoms with E-state index in [4.69, 9.17) is 14.2 Å². The number of carbonyl (C=O) groups is 1. The minimum Gasteiger partial charge on any atom is -0.462 e. The molecule has 0 heterocycles. The Morgan fingerprint density at radius 1 is 0.657 bits per heavy atom. The van der Waals surface area contributed by atoms with Crippen molar-refractivity contribution in [1.29, 1.82) is 0 Å². The molecule has 204 valence electrons. The first-order valence-corrected chi connectivity index (χ1v) is 14.9. The second-order valence-corrected chi connectivity index (χ2v) is 14.4. The van der Waals surface area contributed by atoms with Crippen molar-refractivity contribution in [2.75, 3.05) is 0 Å². The van der Waals surface area contributed by atoms with Crippen LogP contribution in [0.15, 0.2) is 0 Å². The second-order valence-electron chi connectivity index (χ2n) is 14.4. The monoisotopic (exact) mass is 492 g/mol. The van der Waals surface area contributed by atoms with Crippen LogP contribution in [0.5, 0.6) is 0 Å². The molecule has 0 saturated heterocycles. The average Bonchev–Trinajstić information content (AvgIpc) is 2.79. The van der Waals surface area contributed by atoms with Crippen molar-refractivity contribution in [3.05, 3.63) is 0 Å². The number of hydrogen-bond acceptors (Lipinski definition) is 4. The smallest absolute Gasteiger partial charge is 0.312 e. The molecule has 0 aromatic carbocycles. The minimum absolute atomic E-state index is 0.0105. The molecule has 2 atom stereocenters. The Kier molecular flexibility index (Phi) is 10.2. The molecule has 3 fully saturated rings. The lowest BCUT2D eigenvalue weighted by Gasteiger charge is -2.44. The van der Waals surface area contributed by atoms with Crippen molar-refractivity contribution in [3.63, 3.8) is 0 Å². The van der Waals surface area contributed by atoms with Crippen molar-refractivity contribution in [1.82, 2.24) is 0 Å². The number of rotatable bonds is 8. The summed E-state index contributed by atoms with van der Waals surface area (Å²) < 4.78 is 19.6. The lowest BCUT2D eigenvalue weighted by Crippen LogP contribution is -2.46. The van der Waals surface area contributed by atoms with Gasteiger partial charge in [0.25, 0.3) is 0 Å². The molecule has 0 radical (unpaired) electrons. The van der Waals surface area contributed by atoms with Gasteiger partial charge in [0.2, 0.25) is 0 Å². The molecule has 0 aromatic rings. The predicted molar refractivity (Wildman–Crippen MR) is 143 cm³/mol. The van der Waals surface area contributed by atoms with E-state index < -0.39 is 5.41 Å². The lowest BCUT2D eigenvalue weighted by molar-refractivity contribution is -0.234. The Hall–Kier alpha value is -0.610. The first-order valence-electron chi connectivity index (χ1n) is 14.9. The summed E-state index contributed by atoms with van der Waals surface area (Å²) in [7, 11) is 0. The third-order valence-corrected chi connectivity index (χ3v) is 9.12. The molecule has 0 amide bonds. The zero-order valence-electron chi connectivity index (χ0n) is 24.1. The van der Waals surface area contributed by atoms with Gasteiger partial charge in [0, 0.05) is 5.92 Å². The molecule has 0 spiro atoms. The topological polar surface area (TPSA) is 44.8 Å². The molecule has 0 bridgehead atoms. The summed E-state index contributed by atoms with van der Waals surface area (Å²) in [5.41, 5.74) is -0.584. The van der Waals surface area contributed by atoms with E-state index in [2.05, 4.69) is 48.5 Å². The maximum absolute atomic E-state index is 13.5. The fourth-order valence-electron chi connectivity index (χ4n) is 6.51. The highest BCUT2D eigenvalue weighted by molar-refractivity contribution is 5.77. The largest absolute Gasteiger partial charge is 0.462 e. The summed E-state index contributed by atoms with van der Waals surface area (Å²) in [6.07, 6.45) is 17.9. The van der Waals surface area contributed by atoms with Crippen molar-refractivity contribution in [3.8, 4) is 0 Å². The summed E-state index contributed by atoms with van der Waals surface area (Å²) >= 11 is 0. The van der Waals surface area contributed by atoms with Gasteiger partial charge in [0.05, 0.1) is 17.6 Å². The van der Waals surface area contributed by atoms with Gasteiger partial charge in [-0.2, -0.15) is 0 Å². The van der Waals surface area contributed by atoms with Gasteiger partial charge < -0.3 is 14.2 Å². The number of carbonyl (C=O) groups excluding carboxylic acids is 1. The Labute approximate surface area is 216 Å². The molecule has 4 nitrogen and oxygen atoms in total. The standard InChI is InChI=1S/C31H56O4/c1-29(2,3)22-31(7,30(4,5)6)28(32)35-26-20-18-25(19-21-26)34-27(23-14-10-8-11-15-23)33-24-16-12-9-13-17-24/h23-27H,8-22H2,1-7H3. The molecule has 35 heavy (non-hydrogen) atoms. The first kappa shape index (κ1) is 29.0. The maximum atomic E-state index is 13.5. The Morgan fingerprint density at radius 3 is 1.60 bits per heavy atom. The maximum Gasteiger partial charge on any atom is 0.312 e. The van der Waals surface area contributed by atoms with Crippen LogP contribution in [-0.4, -0.2) is 30.6 Å². The zero-order chi connectivity index (χ0) is 25.7. The molecular formula is C31H56O4. The van der Waals surface area contributed by atoms with Gasteiger partial charge in [0.15, 0.2) is 6.29 Å². The molecule has 3 aliphatic rings. The summed E-state index contributed by atoms with van der Waals surface area (Å²) in [5, 5.41) is 0. The molecule has 3 rings (SSSR count). The van der Waals surface area contributed by atoms with E-state index in [1.165, 1.54) is 64.2 Å². The fraction of sp³-hybridized carbons (Fsp3) is 0.968. The zero-order valence-corrected chi connectivity index (χ0v) is 24.1. The van der Waals surface area contributed by atoms with Crippen LogP contribution in [0.25, 0.3) is 0 Å². The number of ether oxygens (including phenoxy) is 3. The quantitative estimate of drug-likeness (QED) is 0.251. The third kappa shape index (κ3) is 8.45. The van der Waals surface area contributed by atoms with Crippen LogP contribution in [0.1, 0.15) is 145 Å². The van der Waals surface area contributed by atoms with E-state index in [-0.39, 0.29) is 35.3 Å². The summed E-state index contributed by atoms with van der Waals surface area (Å²) in [6, 6.07) is 0. The minimum atomic E-state index is -0.501. The van der Waals surface area contributed by atoms with Gasteiger partial charge in [-0.3, -0.25) is 4.79 Å². The highest BCUT2D eigenvalue weighted by atomic mass is 16.7. The SMILES string of the molecule is CC(C)(C)CC(C)(C(=O)OC1CCC(OC(OC2CCCCC2)C2CCCCC2)CC1)C(C)(C)C. The third-order valence-electron chi connectivity index (χ3n) is 9.12. The van der Waals surface area contributed by atoms with Crippen LogP contribution in [0.3, 0.4) is 0 Å². The molecule has 3 aliphatic carbocycles. The van der Waals surface area contributed by atoms with Crippen molar-refractivity contribution >= 4 is 5.97 Å². The van der Waals surface area contributed by atoms with Crippen molar-refractivity contribution < 1.29 is 19.0 Å². The molecule has 0 N–H and O–H groups in total. The van der Waals surface area contributed by atoms with Gasteiger partial charge in [0.1, 0.15) is 6.10 Å². The Bertz CT molecular complexity index is 640. The molecule has 2 unspecified atom stereocenters. The Morgan fingerprint density at radius 2 is 1.11 bits per heavy atom. The van der Waals surface area contributed by atoms with Crippen LogP contribution in [0.4, 0.5) is 0 Å². The van der Waals surface area contributed by atoms with Crippen molar-refractivity contribution in [2.45, 2.75) is 169 Å². The highest BCUT2D eigenvalue weighted by Crippen LogP contribution is 2.48. The van der Waals surface area contributed by atoms with Crippen LogP contribution in [0.2, 0.25) is 0 Å². The highest BCUT2D eigenvalue weighted by Gasteiger charge is 2.48. The van der Waals surface area contributed by atoms with E-state index in [1.54, 1.807) is 0 Å². The predicted octanol–water partition coefficient (Wildman–Crippen LogP) is 8.60. The molecule has 0 aromatic heterocycles. The summed E-state index contributed by atoms with van der Waals surface area (Å²) in [5.74, 6) is 0.524. The number of hydrogen-bond donors (Lipinski definition) is 0. The van der Waals surface area contributed by atoms with E-state index in [0.29, 0.717) is 12.0 Å². The molecular weight excluding hydrogens is 436 g/mol.